The summed E-state index contributed by atoms with van der Waals surface area (Å²) in [5.41, 5.74) is 8.07. The van der Waals surface area contributed by atoms with Crippen LogP contribution in [0.15, 0.2) is 6.07 Å². The predicted molar refractivity (Wildman–Crippen MR) is 109 cm³/mol. The van der Waals surface area contributed by atoms with Crippen LogP contribution < -0.4 is 11.1 Å². The first-order chi connectivity index (χ1) is 13.4. The highest BCUT2D eigenvalue weighted by Gasteiger charge is 2.26. The van der Waals surface area contributed by atoms with Crippen molar-refractivity contribution in [3.05, 3.63) is 37.4 Å². The molecule has 0 aromatic carbocycles. The topological polar surface area (TPSA) is 98.5 Å². The molecule has 8 heteroatoms. The molecule has 2 amide bonds. The summed E-state index contributed by atoms with van der Waals surface area (Å²) in [4.78, 5) is 39.3. The molecule has 0 spiro atoms. The van der Waals surface area contributed by atoms with Gasteiger partial charge in [-0.3, -0.25) is 9.59 Å². The van der Waals surface area contributed by atoms with Gasteiger partial charge in [0, 0.05) is 9.75 Å². The molecule has 2 aromatic heterocycles. The van der Waals surface area contributed by atoms with Crippen molar-refractivity contribution in [2.45, 2.75) is 45.4 Å². The third kappa shape index (κ3) is 3.71. The summed E-state index contributed by atoms with van der Waals surface area (Å²) >= 11 is 2.84. The molecule has 2 aliphatic rings. The third-order valence-electron chi connectivity index (χ3n) is 5.29. The van der Waals surface area contributed by atoms with E-state index in [2.05, 4.69) is 12.2 Å². The molecule has 6 nitrogen and oxygen atoms in total. The monoisotopic (exact) mass is 418 g/mol. The Morgan fingerprint density at radius 2 is 2.04 bits per heavy atom. The van der Waals surface area contributed by atoms with Gasteiger partial charge in [0.1, 0.15) is 9.88 Å². The van der Waals surface area contributed by atoms with E-state index in [0.29, 0.717) is 21.4 Å². The number of nitrogens with one attached hydrogen (secondary N) is 1. The summed E-state index contributed by atoms with van der Waals surface area (Å²) in [5.74, 6) is -0.856. The molecule has 4 rings (SSSR count). The number of thiophene rings is 2. The molecule has 3 N–H and O–H groups in total. The number of esters is 1. The van der Waals surface area contributed by atoms with Gasteiger partial charge in [-0.05, 0) is 61.6 Å². The van der Waals surface area contributed by atoms with Crippen LogP contribution in [0.2, 0.25) is 0 Å². The van der Waals surface area contributed by atoms with E-state index in [1.54, 1.807) is 0 Å². The average Bonchev–Trinajstić information content (AvgIpc) is 3.32. The van der Waals surface area contributed by atoms with Crippen LogP contribution in [-0.2, 0) is 35.2 Å². The zero-order valence-electron chi connectivity index (χ0n) is 15.6. The van der Waals surface area contributed by atoms with Crippen LogP contribution >= 0.6 is 22.7 Å². The normalized spacial score (nSPS) is 17.7. The Kier molecular flexibility index (Phi) is 5.25. The number of nitrogens with two attached hydrogens (primary N) is 1. The number of fused-ring (bicyclic) bond motifs is 2. The largest absolute Gasteiger partial charge is 0.451 e. The molecule has 148 valence electrons. The van der Waals surface area contributed by atoms with E-state index in [0.717, 1.165) is 49.0 Å². The van der Waals surface area contributed by atoms with Crippen LogP contribution in [0, 0.1) is 5.92 Å². The van der Waals surface area contributed by atoms with E-state index in [4.69, 9.17) is 10.5 Å². The Morgan fingerprint density at radius 1 is 1.21 bits per heavy atom. The molecule has 28 heavy (non-hydrogen) atoms. The number of primary amides is 1. The van der Waals surface area contributed by atoms with E-state index < -0.39 is 24.4 Å². The van der Waals surface area contributed by atoms with Crippen LogP contribution in [-0.4, -0.2) is 24.4 Å². The molecular formula is C20H22N2O4S2. The maximum absolute atomic E-state index is 12.3. The second kappa shape index (κ2) is 7.67. The van der Waals surface area contributed by atoms with Crippen LogP contribution in [0.3, 0.4) is 0 Å². The lowest BCUT2D eigenvalue weighted by Gasteiger charge is -2.16. The Balaban J connectivity index is 1.38. The molecule has 0 fully saturated rings. The van der Waals surface area contributed by atoms with Crippen LogP contribution in [0.1, 0.15) is 60.7 Å². The van der Waals surface area contributed by atoms with Crippen molar-refractivity contribution < 1.29 is 19.1 Å². The fraction of sp³-hybridized carbons (Fsp3) is 0.450. The number of ether oxygens (including phenoxy) is 1. The molecule has 0 saturated carbocycles. The molecule has 0 bridgehead atoms. The SMILES string of the molecule is C[C@@H]1CCc2sc(C(=O)OCC(=O)Nc3sc4c(c3C(N)=O)CCC4)cc2C1. The average molecular weight is 419 g/mol. The standard InChI is InChI=1S/C20H22N2O4S2/c1-10-5-6-13-11(7-10)8-15(27-13)20(25)26-9-16(23)22-19-17(18(21)24)12-3-2-4-14(12)28-19/h8,10H,2-7,9H2,1H3,(H2,21,24)(H,22,23)/t10-/m1/s1. The number of carbonyl (C=O) groups excluding carboxylic acids is 3. The number of hydrogen-bond acceptors (Lipinski definition) is 6. The Bertz CT molecular complexity index is 960. The molecule has 0 radical (unpaired) electrons. The molecule has 0 unspecified atom stereocenters. The molecule has 2 aromatic rings. The minimum atomic E-state index is -0.537. The van der Waals surface area contributed by atoms with E-state index in [9.17, 15) is 14.4 Å². The van der Waals surface area contributed by atoms with Crippen molar-refractivity contribution in [3.63, 3.8) is 0 Å². The highest BCUT2D eigenvalue weighted by molar-refractivity contribution is 7.17. The van der Waals surface area contributed by atoms with Gasteiger partial charge >= 0.3 is 5.97 Å². The molecular weight excluding hydrogens is 396 g/mol. The Labute approximate surface area is 171 Å². The predicted octanol–water partition coefficient (Wildman–Crippen LogP) is 3.32. The molecule has 0 saturated heterocycles. The number of aryl methyl sites for hydroxylation is 2. The lowest BCUT2D eigenvalue weighted by molar-refractivity contribution is -0.119. The highest BCUT2D eigenvalue weighted by Crippen LogP contribution is 2.38. The zero-order valence-corrected chi connectivity index (χ0v) is 17.3. The fourth-order valence-electron chi connectivity index (χ4n) is 3.92. The van der Waals surface area contributed by atoms with Gasteiger partial charge in [-0.15, -0.1) is 22.7 Å². The molecule has 0 aliphatic heterocycles. The summed E-state index contributed by atoms with van der Waals surface area (Å²) in [6, 6.07) is 1.89. The third-order valence-corrected chi connectivity index (χ3v) is 7.71. The van der Waals surface area contributed by atoms with E-state index >= 15 is 0 Å². The van der Waals surface area contributed by atoms with Gasteiger partial charge in [0.15, 0.2) is 6.61 Å². The van der Waals surface area contributed by atoms with Crippen molar-refractivity contribution in [3.8, 4) is 0 Å². The van der Waals surface area contributed by atoms with Crippen molar-refractivity contribution in [1.82, 2.24) is 0 Å². The summed E-state index contributed by atoms with van der Waals surface area (Å²) in [7, 11) is 0. The molecule has 2 heterocycles. The van der Waals surface area contributed by atoms with Gasteiger partial charge in [-0.25, -0.2) is 4.79 Å². The highest BCUT2D eigenvalue weighted by atomic mass is 32.1. The molecule has 2 aliphatic carbocycles. The van der Waals surface area contributed by atoms with Gasteiger partial charge < -0.3 is 15.8 Å². The Hall–Kier alpha value is -2.19. The van der Waals surface area contributed by atoms with Crippen molar-refractivity contribution in [2.75, 3.05) is 11.9 Å². The quantitative estimate of drug-likeness (QED) is 0.728. The number of carbonyl (C=O) groups is 3. The summed E-state index contributed by atoms with van der Waals surface area (Å²) in [6.07, 6.45) is 5.81. The van der Waals surface area contributed by atoms with Gasteiger partial charge in [0.05, 0.1) is 5.56 Å². The first-order valence-electron chi connectivity index (χ1n) is 9.45. The van der Waals surface area contributed by atoms with Crippen molar-refractivity contribution in [2.24, 2.45) is 11.7 Å². The number of anilines is 1. The minimum Gasteiger partial charge on any atom is -0.451 e. The second-order valence-electron chi connectivity index (χ2n) is 7.46. The van der Waals surface area contributed by atoms with E-state index in [1.807, 2.05) is 6.07 Å². The van der Waals surface area contributed by atoms with E-state index in [1.165, 1.54) is 33.1 Å². The van der Waals surface area contributed by atoms with Crippen LogP contribution in [0.25, 0.3) is 0 Å². The zero-order chi connectivity index (χ0) is 19.8. The van der Waals surface area contributed by atoms with Gasteiger partial charge in [0.25, 0.3) is 11.8 Å². The summed E-state index contributed by atoms with van der Waals surface area (Å²) in [5, 5.41) is 3.15. The van der Waals surface area contributed by atoms with Gasteiger partial charge in [0.2, 0.25) is 0 Å². The smallest absolute Gasteiger partial charge is 0.348 e. The first-order valence-corrected chi connectivity index (χ1v) is 11.1. The van der Waals surface area contributed by atoms with Crippen LogP contribution in [0.5, 0.6) is 0 Å². The van der Waals surface area contributed by atoms with Crippen molar-refractivity contribution in [1.29, 1.82) is 0 Å². The van der Waals surface area contributed by atoms with Gasteiger partial charge in [-0.1, -0.05) is 6.92 Å². The van der Waals surface area contributed by atoms with Crippen molar-refractivity contribution >= 4 is 45.5 Å². The van der Waals surface area contributed by atoms with E-state index in [-0.39, 0.29) is 0 Å². The first kappa shape index (κ1) is 19.1. The molecule has 1 atom stereocenters. The van der Waals surface area contributed by atoms with Gasteiger partial charge in [-0.2, -0.15) is 0 Å². The lowest BCUT2D eigenvalue weighted by atomic mass is 9.90. The Morgan fingerprint density at radius 3 is 2.82 bits per heavy atom. The summed E-state index contributed by atoms with van der Waals surface area (Å²) in [6.45, 7) is 1.82. The second-order valence-corrected chi connectivity index (χ2v) is 9.70. The maximum atomic E-state index is 12.3. The number of hydrogen-bond donors (Lipinski definition) is 2. The number of amides is 2. The summed E-state index contributed by atoms with van der Waals surface area (Å²) < 4.78 is 5.19. The number of rotatable bonds is 5. The lowest BCUT2D eigenvalue weighted by Crippen LogP contribution is -2.22. The maximum Gasteiger partial charge on any atom is 0.348 e. The van der Waals surface area contributed by atoms with Crippen LogP contribution in [0.4, 0.5) is 5.00 Å². The fourth-order valence-corrected chi connectivity index (χ4v) is 6.34. The minimum absolute atomic E-state index is 0.390.